The summed E-state index contributed by atoms with van der Waals surface area (Å²) in [6, 6.07) is 0.108. The van der Waals surface area contributed by atoms with Gasteiger partial charge < -0.3 is 4.74 Å². The third-order valence-electron chi connectivity index (χ3n) is 2.11. The van der Waals surface area contributed by atoms with Gasteiger partial charge in [-0.2, -0.15) is 8.78 Å². The predicted octanol–water partition coefficient (Wildman–Crippen LogP) is 2.92. The first-order chi connectivity index (χ1) is 7.28. The maximum absolute atomic E-state index is 13.1. The molecule has 0 saturated carbocycles. The first-order valence-electron chi connectivity index (χ1n) is 4.59. The summed E-state index contributed by atoms with van der Waals surface area (Å²) < 4.78 is 56.6. The molecule has 1 rings (SSSR count). The van der Waals surface area contributed by atoms with Crippen molar-refractivity contribution in [1.82, 2.24) is 0 Å². The van der Waals surface area contributed by atoms with Gasteiger partial charge in [-0.3, -0.25) is 0 Å². The predicted molar refractivity (Wildman–Crippen MR) is 51.4 cm³/mol. The molecule has 1 nitrogen and oxygen atoms in total. The van der Waals surface area contributed by atoms with Crippen LogP contribution < -0.4 is 4.74 Å². The molecular weight excluding hydrogens is 223 g/mol. The van der Waals surface area contributed by atoms with E-state index in [0.717, 1.165) is 0 Å². The molecule has 0 amide bonds. The summed E-state index contributed by atoms with van der Waals surface area (Å²) in [5, 5.41) is 0. The Bertz CT molecular complexity index is 380. The van der Waals surface area contributed by atoms with E-state index >= 15 is 0 Å². The molecule has 0 aliphatic heterocycles. The van der Waals surface area contributed by atoms with Crippen LogP contribution in [0.4, 0.5) is 17.6 Å². The van der Waals surface area contributed by atoms with Crippen molar-refractivity contribution < 1.29 is 22.3 Å². The molecule has 1 aromatic carbocycles. The van der Waals surface area contributed by atoms with Crippen LogP contribution in [0.25, 0.3) is 0 Å². The van der Waals surface area contributed by atoms with Crippen molar-refractivity contribution in [2.24, 2.45) is 0 Å². The highest BCUT2D eigenvalue weighted by molar-refractivity contribution is 6.14. The van der Waals surface area contributed by atoms with Gasteiger partial charge in [-0.05, 0) is 13.3 Å². The first kappa shape index (κ1) is 12.9. The molecule has 0 unspecified atom stereocenters. The fourth-order valence-electron chi connectivity index (χ4n) is 0.946. The lowest BCUT2D eigenvalue weighted by atomic mass is 9.81. The first-order valence-corrected chi connectivity index (χ1v) is 4.59. The van der Waals surface area contributed by atoms with Crippen molar-refractivity contribution in [3.63, 3.8) is 0 Å². The van der Waals surface area contributed by atoms with Crippen molar-refractivity contribution in [3.05, 3.63) is 29.3 Å². The van der Waals surface area contributed by atoms with Crippen LogP contribution in [0.5, 0.6) is 5.75 Å². The summed E-state index contributed by atoms with van der Waals surface area (Å²) in [5.74, 6) is -7.38. The van der Waals surface area contributed by atoms with Gasteiger partial charge in [0.15, 0.2) is 17.4 Å². The maximum atomic E-state index is 13.1. The lowest BCUT2D eigenvalue weighted by molar-refractivity contribution is 0.152. The van der Waals surface area contributed by atoms with Gasteiger partial charge in [0.25, 0.3) is 0 Å². The molecule has 0 aliphatic rings. The van der Waals surface area contributed by atoms with Gasteiger partial charge >= 0.3 is 0 Å². The molecule has 0 bridgehead atoms. The topological polar surface area (TPSA) is 9.23 Å². The molecule has 0 fully saturated rings. The van der Waals surface area contributed by atoms with Gasteiger partial charge in [-0.25, -0.2) is 8.78 Å². The summed E-state index contributed by atoms with van der Waals surface area (Å²) in [6.07, 6.45) is 0.212. The van der Waals surface area contributed by atoms with E-state index in [9.17, 15) is 17.6 Å². The number of benzene rings is 1. The van der Waals surface area contributed by atoms with Crippen molar-refractivity contribution in [2.75, 3.05) is 0 Å². The Kier molecular flexibility index (Phi) is 3.50. The highest BCUT2D eigenvalue weighted by Gasteiger charge is 2.26. The molecule has 0 N–H and O–H groups in total. The Labute approximate surface area is 91.8 Å². The van der Waals surface area contributed by atoms with Crippen molar-refractivity contribution in [1.29, 1.82) is 0 Å². The second-order valence-electron chi connectivity index (χ2n) is 3.57. The summed E-state index contributed by atoms with van der Waals surface area (Å²) >= 11 is 0. The summed E-state index contributed by atoms with van der Waals surface area (Å²) in [6.45, 7) is 2.94. The van der Waals surface area contributed by atoms with Crippen molar-refractivity contribution >= 4 is 7.85 Å². The molecule has 1 aromatic rings. The zero-order valence-corrected chi connectivity index (χ0v) is 8.78. The second kappa shape index (κ2) is 4.35. The van der Waals surface area contributed by atoms with E-state index < -0.39 is 34.5 Å². The Morgan fingerprint density at radius 1 is 1.19 bits per heavy atom. The minimum absolute atomic E-state index is 0.108. The third kappa shape index (κ3) is 2.48. The molecule has 86 valence electrons. The average Bonchev–Trinajstić information content (AvgIpc) is 2.22. The monoisotopic (exact) mass is 232 g/mol. The SMILES string of the molecule is [B][C@](C)(CC)Oc1c(F)c(F)cc(F)c1F. The summed E-state index contributed by atoms with van der Waals surface area (Å²) in [4.78, 5) is 0. The molecule has 0 saturated heterocycles. The largest absolute Gasteiger partial charge is 0.492 e. The molecule has 16 heavy (non-hydrogen) atoms. The maximum Gasteiger partial charge on any atom is 0.203 e. The van der Waals surface area contributed by atoms with Crippen LogP contribution in [0.3, 0.4) is 0 Å². The zero-order valence-electron chi connectivity index (χ0n) is 8.78. The number of hydrogen-bond acceptors (Lipinski definition) is 1. The van der Waals surface area contributed by atoms with E-state index in [1.165, 1.54) is 6.92 Å². The minimum Gasteiger partial charge on any atom is -0.492 e. The van der Waals surface area contributed by atoms with E-state index in [-0.39, 0.29) is 12.5 Å². The van der Waals surface area contributed by atoms with Gasteiger partial charge in [0.1, 0.15) is 7.85 Å². The Balaban J connectivity index is 3.23. The fourth-order valence-corrected chi connectivity index (χ4v) is 0.946. The molecule has 2 radical (unpaired) electrons. The molecule has 0 spiro atoms. The fraction of sp³-hybridized carbons (Fsp3) is 0.400. The highest BCUT2D eigenvalue weighted by atomic mass is 19.2. The van der Waals surface area contributed by atoms with Crippen molar-refractivity contribution in [3.8, 4) is 5.75 Å². The van der Waals surface area contributed by atoms with Gasteiger partial charge in [0.05, 0.1) is 5.50 Å². The molecule has 0 heterocycles. The number of hydrogen-bond donors (Lipinski definition) is 0. The average molecular weight is 232 g/mol. The quantitative estimate of drug-likeness (QED) is 0.442. The minimum atomic E-state index is -1.59. The molecule has 0 aliphatic carbocycles. The van der Waals surface area contributed by atoms with E-state index in [4.69, 9.17) is 12.6 Å². The van der Waals surface area contributed by atoms with E-state index in [2.05, 4.69) is 0 Å². The lowest BCUT2D eigenvalue weighted by Gasteiger charge is -2.26. The van der Waals surface area contributed by atoms with Crippen LogP contribution in [-0.2, 0) is 0 Å². The lowest BCUT2D eigenvalue weighted by Crippen LogP contribution is -2.32. The Morgan fingerprint density at radius 3 is 2.00 bits per heavy atom. The van der Waals surface area contributed by atoms with Crippen LogP contribution in [0.1, 0.15) is 20.3 Å². The number of rotatable bonds is 3. The van der Waals surface area contributed by atoms with Gasteiger partial charge in [0.2, 0.25) is 11.6 Å². The third-order valence-corrected chi connectivity index (χ3v) is 2.11. The zero-order chi connectivity index (χ0) is 12.5. The Morgan fingerprint density at radius 2 is 1.62 bits per heavy atom. The smallest absolute Gasteiger partial charge is 0.203 e. The molecular formula is C10H9BF4O. The van der Waals surface area contributed by atoms with Crippen LogP contribution in [-0.4, -0.2) is 13.3 Å². The highest BCUT2D eigenvalue weighted by Crippen LogP contribution is 2.29. The summed E-state index contributed by atoms with van der Waals surface area (Å²) in [5.41, 5.74) is -1.40. The van der Waals surface area contributed by atoms with Gasteiger partial charge in [0, 0.05) is 6.07 Å². The number of halogens is 4. The van der Waals surface area contributed by atoms with Crippen LogP contribution in [0, 0.1) is 23.3 Å². The molecule has 0 aromatic heterocycles. The van der Waals surface area contributed by atoms with Gasteiger partial charge in [-0.15, -0.1) is 0 Å². The van der Waals surface area contributed by atoms with Gasteiger partial charge in [-0.1, -0.05) is 6.92 Å². The van der Waals surface area contributed by atoms with Crippen LogP contribution in [0.2, 0.25) is 0 Å². The van der Waals surface area contributed by atoms with Crippen LogP contribution in [0.15, 0.2) is 6.07 Å². The van der Waals surface area contributed by atoms with E-state index in [1.54, 1.807) is 6.92 Å². The molecule has 6 heteroatoms. The second-order valence-corrected chi connectivity index (χ2v) is 3.57. The standard InChI is InChI=1S/C10H9BF4O/c1-3-10(2,11)16-9-7(14)5(12)4-6(13)8(9)15/h4H,3H2,1-2H3/t10-/m0/s1. The van der Waals surface area contributed by atoms with E-state index in [0.29, 0.717) is 0 Å². The van der Waals surface area contributed by atoms with E-state index in [1.807, 2.05) is 0 Å². The summed E-state index contributed by atoms with van der Waals surface area (Å²) in [7, 11) is 5.49. The normalized spacial score (nSPS) is 14.6. The van der Waals surface area contributed by atoms with Crippen LogP contribution >= 0.6 is 0 Å². The number of ether oxygens (including phenoxy) is 1. The molecule has 1 atom stereocenters. The Hall–Kier alpha value is -1.20. The van der Waals surface area contributed by atoms with Crippen molar-refractivity contribution in [2.45, 2.75) is 25.8 Å².